The lowest BCUT2D eigenvalue weighted by molar-refractivity contribution is 0.870. The van der Waals surface area contributed by atoms with Crippen molar-refractivity contribution >= 4 is 42.1 Å². The van der Waals surface area contributed by atoms with Crippen LogP contribution in [0.1, 0.15) is 25.3 Å². The van der Waals surface area contributed by atoms with Crippen molar-refractivity contribution < 1.29 is 0 Å². The van der Waals surface area contributed by atoms with Crippen LogP contribution in [-0.4, -0.2) is 21.1 Å². The van der Waals surface area contributed by atoms with Crippen LogP contribution >= 0.6 is 0 Å². The average molecular weight is 526 g/mol. The van der Waals surface area contributed by atoms with Crippen molar-refractivity contribution in [2.24, 2.45) is 0 Å². The number of fused-ring (bicyclic) bond motifs is 3. The predicted octanol–water partition coefficient (Wildman–Crippen LogP) is 5.78. The summed E-state index contributed by atoms with van der Waals surface area (Å²) in [5.74, 6) is 0.477. The molecule has 1 aliphatic rings. The Morgan fingerprint density at radius 3 is 1.82 bits per heavy atom. The van der Waals surface area contributed by atoms with E-state index in [9.17, 15) is 0 Å². The normalized spacial score (nSPS) is 13.8. The van der Waals surface area contributed by atoms with Gasteiger partial charge >= 0.3 is 0 Å². The molecule has 4 aromatic carbocycles. The molecule has 5 aromatic rings. The van der Waals surface area contributed by atoms with Gasteiger partial charge in [0.25, 0.3) is 0 Å². The fourth-order valence-electron chi connectivity index (χ4n) is 6.34. The van der Waals surface area contributed by atoms with Gasteiger partial charge in [0.05, 0.1) is 13.8 Å². The third kappa shape index (κ3) is 3.84. The number of benzene rings is 4. The molecule has 0 fully saturated rings. The monoisotopic (exact) mass is 525 g/mol. The van der Waals surface area contributed by atoms with Crippen LogP contribution in [0.25, 0.3) is 22.4 Å². The quantitative estimate of drug-likeness (QED) is 0.260. The molecule has 188 valence electrons. The first-order chi connectivity index (χ1) is 18.3. The second-order valence-corrected chi connectivity index (χ2v) is 20.6. The molecule has 0 N–H and O–H groups in total. The third-order valence-electron chi connectivity index (χ3n) is 8.12. The summed E-state index contributed by atoms with van der Waals surface area (Å²) in [6.07, 6.45) is 2.17. The molecular formula is C35H35NSi2. The van der Waals surface area contributed by atoms with Crippen molar-refractivity contribution in [3.05, 3.63) is 121 Å². The van der Waals surface area contributed by atoms with E-state index in [1.807, 2.05) is 0 Å². The summed E-state index contributed by atoms with van der Waals surface area (Å²) in [4.78, 5) is 5.04. The van der Waals surface area contributed by atoms with Gasteiger partial charge in [-0.1, -0.05) is 131 Å². The molecular weight excluding hydrogens is 491 g/mol. The zero-order chi connectivity index (χ0) is 26.5. The van der Waals surface area contributed by atoms with Crippen molar-refractivity contribution in [2.75, 3.05) is 0 Å². The van der Waals surface area contributed by atoms with E-state index in [1.165, 1.54) is 48.2 Å². The Morgan fingerprint density at radius 1 is 0.632 bits per heavy atom. The maximum Gasteiger partial charge on any atom is 0.180 e. The Bertz CT molecular complexity index is 1580. The molecule has 0 saturated heterocycles. The molecule has 0 amide bonds. The van der Waals surface area contributed by atoms with Crippen LogP contribution < -0.4 is 25.9 Å². The van der Waals surface area contributed by atoms with Crippen LogP contribution in [0.15, 0.2) is 115 Å². The first-order valence-electron chi connectivity index (χ1n) is 13.7. The van der Waals surface area contributed by atoms with E-state index >= 15 is 0 Å². The van der Waals surface area contributed by atoms with E-state index in [1.54, 1.807) is 0 Å². The van der Waals surface area contributed by atoms with Gasteiger partial charge in [0.1, 0.15) is 0 Å². The van der Waals surface area contributed by atoms with Crippen molar-refractivity contribution in [3.8, 4) is 22.4 Å². The Kier molecular flexibility index (Phi) is 6.09. The zero-order valence-electron chi connectivity index (χ0n) is 23.0. The smallest absolute Gasteiger partial charge is 0.180 e. The topological polar surface area (TPSA) is 12.9 Å². The van der Waals surface area contributed by atoms with E-state index < -0.39 is 16.1 Å². The fraction of sp³-hybridized carbons (Fsp3) is 0.171. The van der Waals surface area contributed by atoms with E-state index in [-0.39, 0.29) is 0 Å². The summed E-state index contributed by atoms with van der Waals surface area (Å²) in [5, 5.41) is 7.30. The van der Waals surface area contributed by atoms with Gasteiger partial charge in [0.2, 0.25) is 0 Å². The van der Waals surface area contributed by atoms with Crippen LogP contribution in [0.5, 0.6) is 0 Å². The van der Waals surface area contributed by atoms with Gasteiger partial charge in [-0.2, -0.15) is 0 Å². The molecule has 0 aliphatic carbocycles. The van der Waals surface area contributed by atoms with Gasteiger partial charge in [-0.05, 0) is 60.7 Å². The van der Waals surface area contributed by atoms with Crippen molar-refractivity contribution in [2.45, 2.75) is 39.4 Å². The van der Waals surface area contributed by atoms with Crippen molar-refractivity contribution in [3.63, 3.8) is 0 Å². The SMILES string of the molecule is CC(C)c1cc(-c2ccc3c(c2)-c2ccccc2[Si]3(c2ccccc2)c2ccccc2)ncc1[Si](C)(C)C. The largest absolute Gasteiger partial charge is 0.256 e. The second kappa shape index (κ2) is 9.34. The minimum Gasteiger partial charge on any atom is -0.256 e. The molecule has 38 heavy (non-hydrogen) atoms. The number of rotatable bonds is 5. The highest BCUT2D eigenvalue weighted by molar-refractivity contribution is 7.22. The van der Waals surface area contributed by atoms with Gasteiger partial charge in [-0.15, -0.1) is 0 Å². The molecule has 1 aromatic heterocycles. The molecule has 0 saturated carbocycles. The Labute approximate surface area is 229 Å². The molecule has 1 aliphatic heterocycles. The number of nitrogens with zero attached hydrogens (tertiary/aromatic N) is 1. The highest BCUT2D eigenvalue weighted by atomic mass is 28.3. The summed E-state index contributed by atoms with van der Waals surface area (Å²) in [5.41, 5.74) is 6.46. The van der Waals surface area contributed by atoms with Crippen LogP contribution in [0.4, 0.5) is 0 Å². The molecule has 0 bridgehead atoms. The van der Waals surface area contributed by atoms with Gasteiger partial charge in [0.15, 0.2) is 8.07 Å². The minimum absolute atomic E-state index is 0.477. The van der Waals surface area contributed by atoms with Crippen LogP contribution in [-0.2, 0) is 0 Å². The van der Waals surface area contributed by atoms with Crippen LogP contribution in [0, 0.1) is 0 Å². The van der Waals surface area contributed by atoms with Crippen molar-refractivity contribution in [1.82, 2.24) is 4.98 Å². The molecule has 0 spiro atoms. The number of hydrogen-bond acceptors (Lipinski definition) is 1. The minimum atomic E-state index is -2.43. The molecule has 3 heteroatoms. The molecule has 0 radical (unpaired) electrons. The number of hydrogen-bond donors (Lipinski definition) is 0. The fourth-order valence-corrected chi connectivity index (χ4v) is 13.2. The zero-order valence-corrected chi connectivity index (χ0v) is 25.0. The first kappa shape index (κ1) is 24.8. The summed E-state index contributed by atoms with van der Waals surface area (Å²) in [6.45, 7) is 11.9. The van der Waals surface area contributed by atoms with Gasteiger partial charge in [-0.3, -0.25) is 4.98 Å². The van der Waals surface area contributed by atoms with Gasteiger partial charge in [-0.25, -0.2) is 0 Å². The summed E-state index contributed by atoms with van der Waals surface area (Å²) >= 11 is 0. The van der Waals surface area contributed by atoms with E-state index in [0.29, 0.717) is 5.92 Å². The van der Waals surface area contributed by atoms with E-state index in [2.05, 4.69) is 149 Å². The lowest BCUT2D eigenvalue weighted by Gasteiger charge is -2.31. The standard InChI is InChI=1S/C35H35NSi2/c1-25(2)30-23-32(36-24-35(30)37(3,4)5)26-20-21-34-31(22-26)29-18-12-13-19-33(29)38(34,27-14-8-6-9-15-27)28-16-10-7-11-17-28/h6-25H,1-5H3. The number of aromatic nitrogens is 1. The second-order valence-electron chi connectivity index (χ2n) is 11.8. The van der Waals surface area contributed by atoms with E-state index in [0.717, 1.165) is 5.69 Å². The third-order valence-corrected chi connectivity index (χ3v) is 15.0. The maximum atomic E-state index is 5.04. The highest BCUT2D eigenvalue weighted by Gasteiger charge is 2.48. The summed E-state index contributed by atoms with van der Waals surface area (Å²) < 4.78 is 0. The summed E-state index contributed by atoms with van der Waals surface area (Å²) in [6, 6.07) is 41.0. The summed E-state index contributed by atoms with van der Waals surface area (Å²) in [7, 11) is -3.91. The number of pyridine rings is 1. The Hall–Kier alpha value is -3.54. The molecule has 6 rings (SSSR count). The predicted molar refractivity (Wildman–Crippen MR) is 169 cm³/mol. The van der Waals surface area contributed by atoms with Crippen molar-refractivity contribution in [1.29, 1.82) is 0 Å². The molecule has 0 unspecified atom stereocenters. The Balaban J connectivity index is 1.61. The highest BCUT2D eigenvalue weighted by Crippen LogP contribution is 2.32. The van der Waals surface area contributed by atoms with Gasteiger partial charge < -0.3 is 0 Å². The first-order valence-corrected chi connectivity index (χ1v) is 19.2. The average Bonchev–Trinajstić information content (AvgIpc) is 3.24. The lowest BCUT2D eigenvalue weighted by Crippen LogP contribution is -2.72. The maximum absolute atomic E-state index is 5.04. The molecule has 0 atom stereocenters. The lowest BCUT2D eigenvalue weighted by atomic mass is 9.98. The van der Waals surface area contributed by atoms with Crippen LogP contribution in [0.3, 0.4) is 0 Å². The van der Waals surface area contributed by atoms with Crippen LogP contribution in [0.2, 0.25) is 19.6 Å². The van der Waals surface area contributed by atoms with E-state index in [4.69, 9.17) is 4.98 Å². The Morgan fingerprint density at radius 2 is 1.21 bits per heavy atom. The molecule has 1 nitrogen and oxygen atoms in total. The molecule has 2 heterocycles. The van der Waals surface area contributed by atoms with Gasteiger partial charge in [0, 0.05) is 11.8 Å².